The van der Waals surface area contributed by atoms with E-state index in [2.05, 4.69) is 36.3 Å². The van der Waals surface area contributed by atoms with Crippen LogP contribution in [0.15, 0.2) is 0 Å². The number of hydrogen-bond donors (Lipinski definition) is 2. The van der Waals surface area contributed by atoms with Gasteiger partial charge in [-0.3, -0.25) is 9.69 Å². The number of halogens is 2. The van der Waals surface area contributed by atoms with Gasteiger partial charge in [0.15, 0.2) is 0 Å². The number of nitrogens with zero attached hydrogens (tertiary/aromatic N) is 1. The molecular formula is C17H35Cl2N3O2. The standard InChI is InChI=1S/C17H33N3O2.2ClH/c1-4-14-6-5-8-20(11-14)17(2,3)13-19-16(21)10-15-12-22-9-7-18-15;;/h14-15,18H,4-13H2,1-3H3,(H,19,21);2*1H. The third kappa shape index (κ3) is 7.44. The number of morpholine rings is 1. The molecule has 0 aromatic heterocycles. The minimum absolute atomic E-state index is 0. The zero-order chi connectivity index (χ0) is 16.0. The molecule has 2 aliphatic heterocycles. The molecule has 2 atom stereocenters. The van der Waals surface area contributed by atoms with Crippen molar-refractivity contribution < 1.29 is 9.53 Å². The van der Waals surface area contributed by atoms with E-state index in [-0.39, 0.29) is 42.3 Å². The molecule has 1 amide bonds. The average Bonchev–Trinajstić information content (AvgIpc) is 2.54. The van der Waals surface area contributed by atoms with Crippen LogP contribution in [0.4, 0.5) is 0 Å². The lowest BCUT2D eigenvalue weighted by Gasteiger charge is -2.43. The molecular weight excluding hydrogens is 349 g/mol. The van der Waals surface area contributed by atoms with Crippen LogP contribution in [0.5, 0.6) is 0 Å². The number of nitrogens with one attached hydrogen (secondary N) is 2. The number of carbonyl (C=O) groups excluding carboxylic acids is 1. The van der Waals surface area contributed by atoms with Crippen molar-refractivity contribution >= 4 is 30.7 Å². The number of amides is 1. The topological polar surface area (TPSA) is 53.6 Å². The smallest absolute Gasteiger partial charge is 0.221 e. The van der Waals surface area contributed by atoms with Crippen LogP contribution in [0.25, 0.3) is 0 Å². The van der Waals surface area contributed by atoms with Gasteiger partial charge in [0.05, 0.1) is 13.2 Å². The van der Waals surface area contributed by atoms with E-state index < -0.39 is 0 Å². The highest BCUT2D eigenvalue weighted by Crippen LogP contribution is 2.25. The number of piperidine rings is 1. The molecule has 0 bridgehead atoms. The third-order valence-corrected chi connectivity index (χ3v) is 5.10. The van der Waals surface area contributed by atoms with Gasteiger partial charge in [-0.25, -0.2) is 0 Å². The summed E-state index contributed by atoms with van der Waals surface area (Å²) < 4.78 is 5.40. The molecule has 0 saturated carbocycles. The quantitative estimate of drug-likeness (QED) is 0.738. The van der Waals surface area contributed by atoms with Crippen LogP contribution in [0.1, 0.15) is 46.5 Å². The summed E-state index contributed by atoms with van der Waals surface area (Å²) in [6, 6.07) is 0.163. The number of ether oxygens (including phenoxy) is 1. The largest absolute Gasteiger partial charge is 0.378 e. The lowest BCUT2D eigenvalue weighted by Crippen LogP contribution is -2.55. The summed E-state index contributed by atoms with van der Waals surface area (Å²) in [5.74, 6) is 0.937. The number of rotatable bonds is 6. The van der Waals surface area contributed by atoms with Gasteiger partial charge in [-0.1, -0.05) is 13.3 Å². The highest BCUT2D eigenvalue weighted by Gasteiger charge is 2.31. The first-order chi connectivity index (χ1) is 10.5. The second-order valence-corrected chi connectivity index (χ2v) is 7.38. The van der Waals surface area contributed by atoms with Crippen LogP contribution in [0.3, 0.4) is 0 Å². The molecule has 2 saturated heterocycles. The molecule has 0 aliphatic carbocycles. The average molecular weight is 384 g/mol. The van der Waals surface area contributed by atoms with Gasteiger partial charge < -0.3 is 15.4 Å². The first kappa shape index (κ1) is 23.9. The number of carbonyl (C=O) groups is 1. The molecule has 2 fully saturated rings. The molecule has 0 aromatic rings. The summed E-state index contributed by atoms with van der Waals surface area (Å²) in [5, 5.41) is 6.45. The van der Waals surface area contributed by atoms with E-state index in [0.29, 0.717) is 13.0 Å². The Morgan fingerprint density at radius 2 is 2.12 bits per heavy atom. The Morgan fingerprint density at radius 1 is 1.38 bits per heavy atom. The molecule has 2 unspecified atom stereocenters. The lowest BCUT2D eigenvalue weighted by molar-refractivity contribution is -0.123. The SMILES string of the molecule is CCC1CCCN(C(C)(C)CNC(=O)CC2COCCN2)C1.Cl.Cl. The minimum atomic E-state index is 0. The highest BCUT2D eigenvalue weighted by molar-refractivity contribution is 5.85. The third-order valence-electron chi connectivity index (χ3n) is 5.10. The summed E-state index contributed by atoms with van der Waals surface area (Å²) in [5.41, 5.74) is 0.0278. The predicted octanol–water partition coefficient (Wildman–Crippen LogP) is 2.23. The van der Waals surface area contributed by atoms with Crippen LogP contribution in [-0.4, -0.2) is 61.8 Å². The number of hydrogen-bond acceptors (Lipinski definition) is 4. The zero-order valence-electron chi connectivity index (χ0n) is 15.3. The van der Waals surface area contributed by atoms with E-state index >= 15 is 0 Å². The number of likely N-dealkylation sites (tertiary alicyclic amines) is 1. The summed E-state index contributed by atoms with van der Waals surface area (Å²) in [4.78, 5) is 14.7. The Bertz CT molecular complexity index is 364. The Labute approximate surface area is 159 Å². The van der Waals surface area contributed by atoms with Gasteiger partial charge in [-0.05, 0) is 39.2 Å². The first-order valence-electron chi connectivity index (χ1n) is 8.84. The van der Waals surface area contributed by atoms with Crippen LogP contribution in [0.2, 0.25) is 0 Å². The second-order valence-electron chi connectivity index (χ2n) is 7.38. The Hall–Kier alpha value is -0.0700. The van der Waals surface area contributed by atoms with Gasteiger partial charge in [0, 0.05) is 37.6 Å². The van der Waals surface area contributed by atoms with Gasteiger partial charge >= 0.3 is 0 Å². The summed E-state index contributed by atoms with van der Waals surface area (Å²) in [7, 11) is 0. The molecule has 2 N–H and O–H groups in total. The van der Waals surface area contributed by atoms with Gasteiger partial charge in [0.1, 0.15) is 0 Å². The van der Waals surface area contributed by atoms with Crippen molar-refractivity contribution in [2.45, 2.75) is 58.0 Å². The van der Waals surface area contributed by atoms with Gasteiger partial charge in [-0.15, -0.1) is 24.8 Å². The van der Waals surface area contributed by atoms with Crippen molar-refractivity contribution in [1.82, 2.24) is 15.5 Å². The van der Waals surface area contributed by atoms with E-state index in [1.165, 1.54) is 19.3 Å². The minimum Gasteiger partial charge on any atom is -0.378 e. The van der Waals surface area contributed by atoms with Crippen molar-refractivity contribution in [3.05, 3.63) is 0 Å². The van der Waals surface area contributed by atoms with Crippen molar-refractivity contribution in [1.29, 1.82) is 0 Å². The predicted molar refractivity (Wildman–Crippen MR) is 103 cm³/mol. The Balaban J connectivity index is 0.00000264. The molecule has 2 heterocycles. The lowest BCUT2D eigenvalue weighted by atomic mass is 9.91. The highest BCUT2D eigenvalue weighted by atomic mass is 35.5. The molecule has 0 radical (unpaired) electrons. The Kier molecular flexibility index (Phi) is 11.5. The van der Waals surface area contributed by atoms with Crippen LogP contribution in [0, 0.1) is 5.92 Å². The molecule has 7 heteroatoms. The van der Waals surface area contributed by atoms with E-state index in [0.717, 1.165) is 38.7 Å². The van der Waals surface area contributed by atoms with E-state index in [9.17, 15) is 4.79 Å². The zero-order valence-corrected chi connectivity index (χ0v) is 16.9. The summed E-state index contributed by atoms with van der Waals surface area (Å²) >= 11 is 0. The van der Waals surface area contributed by atoms with Gasteiger partial charge in [0.2, 0.25) is 5.91 Å². The van der Waals surface area contributed by atoms with Crippen LogP contribution in [-0.2, 0) is 9.53 Å². The van der Waals surface area contributed by atoms with Gasteiger partial charge in [0.25, 0.3) is 0 Å². The van der Waals surface area contributed by atoms with Crippen molar-refractivity contribution in [2.24, 2.45) is 5.92 Å². The fourth-order valence-electron chi connectivity index (χ4n) is 3.42. The summed E-state index contributed by atoms with van der Waals surface area (Å²) in [6.07, 6.45) is 4.39. The molecule has 144 valence electrons. The van der Waals surface area contributed by atoms with Crippen molar-refractivity contribution in [3.8, 4) is 0 Å². The Morgan fingerprint density at radius 3 is 2.75 bits per heavy atom. The molecule has 2 aliphatic rings. The maximum absolute atomic E-state index is 12.1. The molecule has 2 rings (SSSR count). The molecule has 5 nitrogen and oxygen atoms in total. The normalized spacial score (nSPS) is 25.3. The fraction of sp³-hybridized carbons (Fsp3) is 0.941. The molecule has 24 heavy (non-hydrogen) atoms. The van der Waals surface area contributed by atoms with E-state index in [4.69, 9.17) is 4.74 Å². The second kappa shape index (κ2) is 11.5. The summed E-state index contributed by atoms with van der Waals surface area (Å²) in [6.45, 7) is 12.0. The van der Waals surface area contributed by atoms with Crippen molar-refractivity contribution in [3.63, 3.8) is 0 Å². The van der Waals surface area contributed by atoms with E-state index in [1.807, 2.05) is 0 Å². The fourth-order valence-corrected chi connectivity index (χ4v) is 3.42. The maximum Gasteiger partial charge on any atom is 0.221 e. The van der Waals surface area contributed by atoms with Crippen molar-refractivity contribution in [2.75, 3.05) is 39.4 Å². The van der Waals surface area contributed by atoms with Gasteiger partial charge in [-0.2, -0.15) is 0 Å². The maximum atomic E-state index is 12.1. The van der Waals surface area contributed by atoms with Crippen LogP contribution < -0.4 is 10.6 Å². The molecule has 0 spiro atoms. The first-order valence-corrected chi connectivity index (χ1v) is 8.84. The molecule has 0 aromatic carbocycles. The monoisotopic (exact) mass is 383 g/mol. The van der Waals surface area contributed by atoms with Crippen LogP contribution >= 0.6 is 24.8 Å². The van der Waals surface area contributed by atoms with E-state index in [1.54, 1.807) is 0 Å².